The minimum atomic E-state index is -1.33. The van der Waals surface area contributed by atoms with Crippen LogP contribution in [0.15, 0.2) is 48.0 Å². The van der Waals surface area contributed by atoms with Crippen LogP contribution in [0.2, 0.25) is 0 Å². The predicted molar refractivity (Wildman–Crippen MR) is 92.2 cm³/mol. The summed E-state index contributed by atoms with van der Waals surface area (Å²) in [6, 6.07) is 12.5. The molecule has 0 unspecified atom stereocenters. The average molecular weight is 325 g/mol. The summed E-state index contributed by atoms with van der Waals surface area (Å²) in [6.07, 6.45) is 1.30. The lowest BCUT2D eigenvalue weighted by molar-refractivity contribution is -0.145. The zero-order valence-electron chi connectivity index (χ0n) is 13.6. The molecule has 2 aromatic rings. The molecule has 0 aliphatic rings. The minimum Gasteiger partial charge on any atom is -0.477 e. The molecule has 124 valence electrons. The first kappa shape index (κ1) is 17.3. The molecule has 3 N–H and O–H groups in total. The first-order chi connectivity index (χ1) is 11.4. The van der Waals surface area contributed by atoms with Crippen molar-refractivity contribution in [2.24, 2.45) is 0 Å². The van der Waals surface area contributed by atoms with Crippen LogP contribution in [0.1, 0.15) is 22.3 Å². The van der Waals surface area contributed by atoms with Crippen molar-refractivity contribution in [2.75, 3.05) is 5.73 Å². The number of aliphatic carboxylic acids is 1. The number of aryl methyl sites for hydroxylation is 2. The maximum atomic E-state index is 12.1. The molecule has 0 saturated carbocycles. The van der Waals surface area contributed by atoms with Gasteiger partial charge in [0.25, 0.3) is 0 Å². The second-order valence-electron chi connectivity index (χ2n) is 5.49. The first-order valence-corrected chi connectivity index (χ1v) is 7.41. The molecule has 24 heavy (non-hydrogen) atoms. The van der Waals surface area contributed by atoms with E-state index in [4.69, 9.17) is 10.5 Å². The van der Waals surface area contributed by atoms with Crippen LogP contribution < -0.4 is 5.73 Å². The molecule has 0 fully saturated rings. The van der Waals surface area contributed by atoms with Gasteiger partial charge in [0.05, 0.1) is 0 Å². The summed E-state index contributed by atoms with van der Waals surface area (Å²) in [5.41, 5.74) is 9.14. The van der Waals surface area contributed by atoms with Gasteiger partial charge >= 0.3 is 11.9 Å². The van der Waals surface area contributed by atoms with Gasteiger partial charge in [-0.15, -0.1) is 0 Å². The van der Waals surface area contributed by atoms with Crippen LogP contribution in [-0.4, -0.2) is 17.0 Å². The van der Waals surface area contributed by atoms with Gasteiger partial charge in [0.15, 0.2) is 0 Å². The Morgan fingerprint density at radius 1 is 1.12 bits per heavy atom. The van der Waals surface area contributed by atoms with Gasteiger partial charge in [0.2, 0.25) is 0 Å². The maximum absolute atomic E-state index is 12.1. The van der Waals surface area contributed by atoms with Gasteiger partial charge in [-0.2, -0.15) is 0 Å². The van der Waals surface area contributed by atoms with E-state index in [2.05, 4.69) is 0 Å². The smallest absolute Gasteiger partial charge is 0.345 e. The fourth-order valence-electron chi connectivity index (χ4n) is 2.27. The van der Waals surface area contributed by atoms with E-state index in [1.54, 1.807) is 24.3 Å². The number of benzene rings is 2. The van der Waals surface area contributed by atoms with Gasteiger partial charge in [-0.3, -0.25) is 0 Å². The quantitative estimate of drug-likeness (QED) is 0.290. The van der Waals surface area contributed by atoms with E-state index in [0.29, 0.717) is 11.3 Å². The van der Waals surface area contributed by atoms with E-state index in [0.717, 1.165) is 16.7 Å². The van der Waals surface area contributed by atoms with Gasteiger partial charge in [-0.05, 0) is 54.3 Å². The number of carboxylic acids is 1. The molecule has 0 aliphatic carbocycles. The number of esters is 1. The number of hydrogen-bond donors (Lipinski definition) is 2. The van der Waals surface area contributed by atoms with Crippen molar-refractivity contribution in [3.05, 3.63) is 70.3 Å². The van der Waals surface area contributed by atoms with E-state index in [9.17, 15) is 14.7 Å². The number of hydrogen-bond acceptors (Lipinski definition) is 4. The molecular formula is C19H19NO4. The van der Waals surface area contributed by atoms with Crippen molar-refractivity contribution in [3.63, 3.8) is 0 Å². The largest absolute Gasteiger partial charge is 0.477 e. The highest BCUT2D eigenvalue weighted by Gasteiger charge is 2.19. The van der Waals surface area contributed by atoms with Crippen LogP contribution in [0.3, 0.4) is 0 Å². The van der Waals surface area contributed by atoms with Crippen molar-refractivity contribution >= 4 is 23.7 Å². The lowest BCUT2D eigenvalue weighted by Gasteiger charge is -2.08. The molecule has 0 saturated heterocycles. The molecule has 5 nitrogen and oxygen atoms in total. The van der Waals surface area contributed by atoms with E-state index < -0.39 is 17.5 Å². The van der Waals surface area contributed by atoms with Crippen LogP contribution >= 0.6 is 0 Å². The summed E-state index contributed by atoms with van der Waals surface area (Å²) in [5.74, 6) is -2.21. The molecule has 2 aromatic carbocycles. The van der Waals surface area contributed by atoms with Crippen LogP contribution in [0.4, 0.5) is 5.69 Å². The Bertz CT molecular complexity index is 771. The van der Waals surface area contributed by atoms with E-state index in [-0.39, 0.29) is 6.61 Å². The molecule has 5 heteroatoms. The normalized spacial score (nSPS) is 11.2. The maximum Gasteiger partial charge on any atom is 0.345 e. The number of carbonyl (C=O) groups is 2. The Kier molecular flexibility index (Phi) is 5.37. The summed E-state index contributed by atoms with van der Waals surface area (Å²) in [7, 11) is 0. The summed E-state index contributed by atoms with van der Waals surface area (Å²) in [5, 5.41) is 9.30. The molecule has 0 spiro atoms. The predicted octanol–water partition coefficient (Wildman–Crippen LogP) is 3.10. The topological polar surface area (TPSA) is 89.6 Å². The number of nitrogen functional groups attached to an aromatic ring is 1. The highest BCUT2D eigenvalue weighted by molar-refractivity contribution is 6.17. The number of ether oxygens (including phenoxy) is 1. The van der Waals surface area contributed by atoms with Gasteiger partial charge in [0, 0.05) is 5.69 Å². The molecule has 0 bridgehead atoms. The van der Waals surface area contributed by atoms with E-state index in [1.807, 2.05) is 32.0 Å². The lowest BCUT2D eigenvalue weighted by Crippen LogP contribution is -2.15. The summed E-state index contributed by atoms with van der Waals surface area (Å²) in [6.45, 7) is 3.67. The molecule has 0 aliphatic heterocycles. The SMILES string of the molecule is Cc1cc(C=C(C(=O)O)C(=O)OCc2ccccc2)cc(C)c1N. The first-order valence-electron chi connectivity index (χ1n) is 7.41. The number of carbonyl (C=O) groups excluding carboxylic acids is 1. The van der Waals surface area contributed by atoms with Crippen LogP contribution in [0, 0.1) is 13.8 Å². The fraction of sp³-hybridized carbons (Fsp3) is 0.158. The second-order valence-corrected chi connectivity index (χ2v) is 5.49. The minimum absolute atomic E-state index is 0.0179. The average Bonchev–Trinajstić information content (AvgIpc) is 2.56. The molecule has 0 aromatic heterocycles. The van der Waals surface area contributed by atoms with Crippen LogP contribution in [0.25, 0.3) is 6.08 Å². The zero-order chi connectivity index (χ0) is 17.7. The fourth-order valence-corrected chi connectivity index (χ4v) is 2.27. The highest BCUT2D eigenvalue weighted by Crippen LogP contribution is 2.21. The Morgan fingerprint density at radius 3 is 2.25 bits per heavy atom. The Morgan fingerprint density at radius 2 is 1.71 bits per heavy atom. The van der Waals surface area contributed by atoms with Crippen molar-refractivity contribution < 1.29 is 19.4 Å². The van der Waals surface area contributed by atoms with Gasteiger partial charge in [0.1, 0.15) is 12.2 Å². The van der Waals surface area contributed by atoms with Crippen LogP contribution in [0.5, 0.6) is 0 Å². The van der Waals surface area contributed by atoms with E-state index >= 15 is 0 Å². The van der Waals surface area contributed by atoms with Crippen molar-refractivity contribution in [1.29, 1.82) is 0 Å². The standard InChI is InChI=1S/C19H19NO4/c1-12-8-15(9-13(2)17(12)20)10-16(18(21)22)19(23)24-11-14-6-4-3-5-7-14/h3-10H,11,20H2,1-2H3,(H,21,22). The molecule has 2 rings (SSSR count). The van der Waals surface area contributed by atoms with Gasteiger partial charge in [-0.1, -0.05) is 30.3 Å². The molecule has 0 radical (unpaired) electrons. The number of carboxylic acid groups (broad SMARTS) is 1. The summed E-state index contributed by atoms with van der Waals surface area (Å²) < 4.78 is 5.10. The molecular weight excluding hydrogens is 306 g/mol. The summed E-state index contributed by atoms with van der Waals surface area (Å²) >= 11 is 0. The summed E-state index contributed by atoms with van der Waals surface area (Å²) in [4.78, 5) is 23.5. The lowest BCUT2D eigenvalue weighted by atomic mass is 10.0. The molecule has 0 atom stereocenters. The van der Waals surface area contributed by atoms with Gasteiger partial charge in [-0.25, -0.2) is 9.59 Å². The third-order valence-electron chi connectivity index (χ3n) is 3.59. The Labute approximate surface area is 140 Å². The second kappa shape index (κ2) is 7.46. The Balaban J connectivity index is 2.22. The monoisotopic (exact) mass is 325 g/mol. The third-order valence-corrected chi connectivity index (χ3v) is 3.59. The number of rotatable bonds is 5. The number of anilines is 1. The number of nitrogens with two attached hydrogens (primary N) is 1. The van der Waals surface area contributed by atoms with Crippen LogP contribution in [-0.2, 0) is 20.9 Å². The van der Waals surface area contributed by atoms with E-state index in [1.165, 1.54) is 6.08 Å². The molecule has 0 heterocycles. The van der Waals surface area contributed by atoms with Gasteiger partial charge < -0.3 is 15.6 Å². The van der Waals surface area contributed by atoms with Crippen molar-refractivity contribution in [1.82, 2.24) is 0 Å². The third kappa shape index (κ3) is 4.23. The van der Waals surface area contributed by atoms with Crippen molar-refractivity contribution in [2.45, 2.75) is 20.5 Å². The van der Waals surface area contributed by atoms with Crippen molar-refractivity contribution in [3.8, 4) is 0 Å². The highest BCUT2D eigenvalue weighted by atomic mass is 16.5. The molecule has 0 amide bonds. The zero-order valence-corrected chi connectivity index (χ0v) is 13.6. The Hall–Kier alpha value is -3.08.